The number of benzene rings is 1. The second-order valence-electron chi connectivity index (χ2n) is 9.25. The molecule has 0 fully saturated rings. The van der Waals surface area contributed by atoms with Crippen LogP contribution in [-0.4, -0.2) is 68.9 Å². The van der Waals surface area contributed by atoms with E-state index in [1.807, 2.05) is 73.7 Å². The van der Waals surface area contributed by atoms with E-state index in [4.69, 9.17) is 10.7 Å². The van der Waals surface area contributed by atoms with Gasteiger partial charge in [-0.1, -0.05) is 24.3 Å². The second kappa shape index (κ2) is 8.64. The van der Waals surface area contributed by atoms with E-state index in [0.717, 1.165) is 34.1 Å². The highest BCUT2D eigenvalue weighted by atomic mass is 16.6. The summed E-state index contributed by atoms with van der Waals surface area (Å²) in [4.78, 5) is 31.7. The number of aromatic amines is 2. The monoisotopic (exact) mass is 472 g/mol. The van der Waals surface area contributed by atoms with E-state index >= 15 is 0 Å². The Kier molecular flexibility index (Phi) is 5.62. The Morgan fingerprint density at radius 2 is 1.91 bits per heavy atom. The average Bonchev–Trinajstić information content (AvgIpc) is 3.49. The number of nitrogens with two attached hydrogens (primary N) is 1. The Bertz CT molecular complexity index is 1480. The van der Waals surface area contributed by atoms with Gasteiger partial charge in [0.15, 0.2) is 5.82 Å². The van der Waals surface area contributed by atoms with Crippen LogP contribution in [0.2, 0.25) is 0 Å². The molecule has 1 aliphatic carbocycles. The Morgan fingerprint density at radius 3 is 2.69 bits per heavy atom. The molecule has 10 nitrogen and oxygen atoms in total. The maximum atomic E-state index is 12.1. The van der Waals surface area contributed by atoms with Gasteiger partial charge in [-0.15, -0.1) is 0 Å². The molecule has 0 aliphatic heterocycles. The number of nitrogens with one attached hydrogen (secondary N) is 2. The van der Waals surface area contributed by atoms with Gasteiger partial charge in [-0.3, -0.25) is 10.1 Å². The number of H-pyrrole nitrogens is 2. The fourth-order valence-electron chi connectivity index (χ4n) is 4.50. The lowest BCUT2D eigenvalue weighted by atomic mass is 9.87. The number of fused-ring (bicyclic) bond motifs is 2. The minimum absolute atomic E-state index is 0.0162. The van der Waals surface area contributed by atoms with Crippen LogP contribution in [0.15, 0.2) is 66.3 Å². The van der Waals surface area contributed by atoms with Crippen molar-refractivity contribution in [3.8, 4) is 11.3 Å². The van der Waals surface area contributed by atoms with Gasteiger partial charge in [0.2, 0.25) is 0 Å². The van der Waals surface area contributed by atoms with Crippen LogP contribution >= 0.6 is 0 Å². The van der Waals surface area contributed by atoms with Crippen LogP contribution in [-0.2, 0) is 5.54 Å². The zero-order chi connectivity index (χ0) is 24.7. The SMILES string of the molecule is CN(C)CCN(C)C1=C([N+](=O)[O-])CC(N)(c2nc(-c3c[nH]c4ccccc34)c3cc[nH]c3n2)C=C1. The van der Waals surface area contributed by atoms with Gasteiger partial charge in [0.25, 0.3) is 5.70 Å². The standard InChI is InChI=1S/C25H28N8O2/c1-31(2)12-13-32(3)20-8-10-25(26,14-21(20)33(34)35)24-29-22(17-9-11-27-23(17)30-24)18-15-28-19-7-5-4-6-16(18)19/h4-11,15,28H,12-14,26H2,1-3H3,(H,27,29,30). The predicted molar refractivity (Wildman–Crippen MR) is 136 cm³/mol. The molecule has 1 aromatic carbocycles. The van der Waals surface area contributed by atoms with Crippen molar-refractivity contribution in [1.82, 2.24) is 29.7 Å². The maximum absolute atomic E-state index is 12.1. The number of allylic oxidation sites excluding steroid dienone is 1. The third-order valence-electron chi connectivity index (χ3n) is 6.48. The van der Waals surface area contributed by atoms with E-state index in [2.05, 4.69) is 15.0 Å². The molecule has 5 rings (SSSR count). The molecule has 0 saturated carbocycles. The molecule has 35 heavy (non-hydrogen) atoms. The number of rotatable bonds is 7. The molecule has 1 unspecified atom stereocenters. The second-order valence-corrected chi connectivity index (χ2v) is 9.25. The number of aromatic nitrogens is 4. The van der Waals surface area contributed by atoms with Gasteiger partial charge in [-0.05, 0) is 32.3 Å². The number of nitro groups is 1. The van der Waals surface area contributed by atoms with Crippen molar-refractivity contribution in [2.24, 2.45) is 5.73 Å². The first-order chi connectivity index (χ1) is 16.8. The summed E-state index contributed by atoms with van der Waals surface area (Å²) in [5, 5.41) is 14.0. The highest BCUT2D eigenvalue weighted by Crippen LogP contribution is 2.37. The Balaban J connectivity index is 1.58. The molecule has 0 bridgehead atoms. The highest BCUT2D eigenvalue weighted by molar-refractivity contribution is 6.02. The highest BCUT2D eigenvalue weighted by Gasteiger charge is 2.39. The van der Waals surface area contributed by atoms with E-state index in [9.17, 15) is 10.1 Å². The lowest BCUT2D eigenvalue weighted by Crippen LogP contribution is -2.41. The van der Waals surface area contributed by atoms with Crippen LogP contribution in [0.3, 0.4) is 0 Å². The quantitative estimate of drug-likeness (QED) is 0.278. The molecule has 0 spiro atoms. The predicted octanol–water partition coefficient (Wildman–Crippen LogP) is 3.20. The molecule has 10 heteroatoms. The fraction of sp³-hybridized carbons (Fsp3) is 0.280. The van der Waals surface area contributed by atoms with Crippen molar-refractivity contribution in [1.29, 1.82) is 0 Å². The zero-order valence-electron chi connectivity index (χ0n) is 19.9. The van der Waals surface area contributed by atoms with Crippen LogP contribution in [0.5, 0.6) is 0 Å². The smallest absolute Gasteiger partial charge is 0.271 e. The van der Waals surface area contributed by atoms with Crippen LogP contribution in [0.1, 0.15) is 12.2 Å². The molecule has 3 heterocycles. The van der Waals surface area contributed by atoms with Crippen molar-refractivity contribution in [2.45, 2.75) is 12.0 Å². The molecule has 4 aromatic rings. The molecule has 1 aliphatic rings. The van der Waals surface area contributed by atoms with Crippen LogP contribution in [0, 0.1) is 10.1 Å². The van der Waals surface area contributed by atoms with Crippen molar-refractivity contribution >= 4 is 21.9 Å². The zero-order valence-corrected chi connectivity index (χ0v) is 19.9. The number of para-hydroxylation sites is 1. The topological polar surface area (TPSA) is 133 Å². The largest absolute Gasteiger partial charge is 0.368 e. The first-order valence-corrected chi connectivity index (χ1v) is 11.4. The molecule has 1 atom stereocenters. The summed E-state index contributed by atoms with van der Waals surface area (Å²) in [5.41, 5.74) is 9.44. The summed E-state index contributed by atoms with van der Waals surface area (Å²) in [6.07, 6.45) is 7.22. The molecule has 4 N–H and O–H groups in total. The molecular formula is C25H28N8O2. The van der Waals surface area contributed by atoms with Gasteiger partial charge in [0.1, 0.15) is 16.9 Å². The molecular weight excluding hydrogens is 444 g/mol. The molecule has 0 amide bonds. The number of nitrogens with zero attached hydrogens (tertiary/aromatic N) is 5. The van der Waals surface area contributed by atoms with Gasteiger partial charge in [-0.25, -0.2) is 9.97 Å². The number of likely N-dealkylation sites (N-methyl/N-ethyl adjacent to an activating group) is 2. The van der Waals surface area contributed by atoms with Gasteiger partial charge in [0, 0.05) is 54.4 Å². The summed E-state index contributed by atoms with van der Waals surface area (Å²) in [5.74, 6) is 0.332. The summed E-state index contributed by atoms with van der Waals surface area (Å²) in [7, 11) is 5.79. The minimum atomic E-state index is -1.23. The van der Waals surface area contributed by atoms with E-state index in [0.29, 0.717) is 23.7 Å². The first kappa shape index (κ1) is 22.8. The third kappa shape index (κ3) is 4.07. The number of hydrogen-bond donors (Lipinski definition) is 3. The summed E-state index contributed by atoms with van der Waals surface area (Å²) in [6.45, 7) is 1.42. The van der Waals surface area contributed by atoms with Gasteiger partial charge in [-0.2, -0.15) is 0 Å². The maximum Gasteiger partial charge on any atom is 0.271 e. The average molecular weight is 473 g/mol. The Morgan fingerprint density at radius 1 is 1.11 bits per heavy atom. The third-order valence-corrected chi connectivity index (χ3v) is 6.48. The van der Waals surface area contributed by atoms with Crippen molar-refractivity contribution in [3.05, 3.63) is 82.2 Å². The summed E-state index contributed by atoms with van der Waals surface area (Å²) in [6, 6.07) is 9.92. The number of hydrogen-bond acceptors (Lipinski definition) is 7. The Hall–Kier alpha value is -4.02. The van der Waals surface area contributed by atoms with Gasteiger partial charge < -0.3 is 25.5 Å². The normalized spacial score (nSPS) is 18.2. The van der Waals surface area contributed by atoms with Gasteiger partial charge >= 0.3 is 0 Å². The van der Waals surface area contributed by atoms with Crippen molar-refractivity contribution in [3.63, 3.8) is 0 Å². The minimum Gasteiger partial charge on any atom is -0.368 e. The van der Waals surface area contributed by atoms with Crippen LogP contribution < -0.4 is 5.73 Å². The van der Waals surface area contributed by atoms with Crippen molar-refractivity contribution in [2.75, 3.05) is 34.2 Å². The molecule has 0 saturated heterocycles. The molecule has 0 radical (unpaired) electrons. The summed E-state index contributed by atoms with van der Waals surface area (Å²) < 4.78 is 0. The van der Waals surface area contributed by atoms with Gasteiger partial charge in [0.05, 0.1) is 17.0 Å². The van der Waals surface area contributed by atoms with E-state index in [-0.39, 0.29) is 17.0 Å². The lowest BCUT2D eigenvalue weighted by molar-refractivity contribution is -0.431. The van der Waals surface area contributed by atoms with Crippen LogP contribution in [0.4, 0.5) is 0 Å². The fourth-order valence-corrected chi connectivity index (χ4v) is 4.50. The van der Waals surface area contributed by atoms with E-state index in [1.165, 1.54) is 0 Å². The van der Waals surface area contributed by atoms with E-state index in [1.54, 1.807) is 12.2 Å². The van der Waals surface area contributed by atoms with E-state index < -0.39 is 5.54 Å². The lowest BCUT2D eigenvalue weighted by Gasteiger charge is -2.30. The molecule has 180 valence electrons. The Labute approximate surface area is 202 Å². The van der Waals surface area contributed by atoms with Crippen LogP contribution in [0.25, 0.3) is 33.2 Å². The molecule has 3 aromatic heterocycles. The first-order valence-electron chi connectivity index (χ1n) is 11.4. The van der Waals surface area contributed by atoms with Crippen molar-refractivity contribution < 1.29 is 4.92 Å². The summed E-state index contributed by atoms with van der Waals surface area (Å²) >= 11 is 0.